The maximum atomic E-state index is 13.4. The molecule has 5 heteroatoms. The minimum Gasteiger partial charge on any atom is -0.491 e. The van der Waals surface area contributed by atoms with E-state index in [1.54, 1.807) is 36.4 Å². The molecule has 0 radical (unpaired) electrons. The number of ether oxygens (including phenoxy) is 1. The molecular formula is C16H17FN2O2. The number of hydrogen-bond acceptors (Lipinski definition) is 2. The minimum absolute atomic E-state index is 0.0909. The van der Waals surface area contributed by atoms with Gasteiger partial charge < -0.3 is 15.4 Å². The third kappa shape index (κ3) is 4.49. The zero-order chi connectivity index (χ0) is 15.2. The Labute approximate surface area is 122 Å². The molecule has 4 nitrogen and oxygen atoms in total. The van der Waals surface area contributed by atoms with Crippen LogP contribution in [0.4, 0.5) is 20.6 Å². The number of amides is 2. The number of rotatable bonds is 4. The highest BCUT2D eigenvalue weighted by atomic mass is 19.1. The highest BCUT2D eigenvalue weighted by Crippen LogP contribution is 2.18. The van der Waals surface area contributed by atoms with E-state index in [0.717, 1.165) is 5.75 Å². The molecule has 0 fully saturated rings. The molecule has 0 bridgehead atoms. The number of anilines is 2. The third-order valence-corrected chi connectivity index (χ3v) is 2.61. The standard InChI is InChI=1S/C16H17FN2O2/c1-11(2)21-13-9-7-12(8-10-13)18-16(20)19-15-6-4-3-5-14(15)17/h3-11H,1-2H3,(H2,18,19,20). The van der Waals surface area contributed by atoms with E-state index in [1.807, 2.05) is 13.8 Å². The molecule has 0 aliphatic carbocycles. The number of benzene rings is 2. The van der Waals surface area contributed by atoms with Crippen LogP contribution in [0, 0.1) is 5.82 Å². The molecule has 0 aliphatic rings. The third-order valence-electron chi connectivity index (χ3n) is 2.61. The van der Waals surface area contributed by atoms with Gasteiger partial charge in [-0.3, -0.25) is 0 Å². The molecule has 2 amide bonds. The van der Waals surface area contributed by atoms with E-state index in [1.165, 1.54) is 12.1 Å². The molecule has 2 rings (SSSR count). The molecule has 0 unspecified atom stereocenters. The minimum atomic E-state index is -0.502. The molecule has 0 aromatic heterocycles. The van der Waals surface area contributed by atoms with E-state index in [2.05, 4.69) is 10.6 Å². The van der Waals surface area contributed by atoms with E-state index < -0.39 is 11.8 Å². The molecule has 2 aromatic carbocycles. The van der Waals surface area contributed by atoms with Crippen molar-refractivity contribution in [1.82, 2.24) is 0 Å². The number of carbonyl (C=O) groups excluding carboxylic acids is 1. The van der Waals surface area contributed by atoms with Crippen molar-refractivity contribution < 1.29 is 13.9 Å². The lowest BCUT2D eigenvalue weighted by atomic mass is 10.3. The zero-order valence-electron chi connectivity index (χ0n) is 11.9. The summed E-state index contributed by atoms with van der Waals surface area (Å²) in [5.41, 5.74) is 0.731. The van der Waals surface area contributed by atoms with Gasteiger partial charge in [-0.2, -0.15) is 0 Å². The van der Waals surface area contributed by atoms with Gasteiger partial charge in [0.2, 0.25) is 0 Å². The molecule has 110 valence electrons. The van der Waals surface area contributed by atoms with Gasteiger partial charge in [0.1, 0.15) is 11.6 Å². The van der Waals surface area contributed by atoms with E-state index in [-0.39, 0.29) is 11.8 Å². The van der Waals surface area contributed by atoms with Crippen molar-refractivity contribution in [2.45, 2.75) is 20.0 Å². The van der Waals surface area contributed by atoms with Gasteiger partial charge in [-0.05, 0) is 50.2 Å². The fourth-order valence-corrected chi connectivity index (χ4v) is 1.74. The second-order valence-electron chi connectivity index (χ2n) is 4.75. The monoisotopic (exact) mass is 288 g/mol. The van der Waals surface area contributed by atoms with E-state index in [4.69, 9.17) is 4.74 Å². The summed E-state index contributed by atoms with van der Waals surface area (Å²) in [6, 6.07) is 12.5. The molecule has 0 spiro atoms. The largest absolute Gasteiger partial charge is 0.491 e. The number of nitrogens with one attached hydrogen (secondary N) is 2. The maximum Gasteiger partial charge on any atom is 0.323 e. The van der Waals surface area contributed by atoms with Gasteiger partial charge in [0.05, 0.1) is 11.8 Å². The van der Waals surface area contributed by atoms with Crippen molar-refractivity contribution in [2.24, 2.45) is 0 Å². The normalized spacial score (nSPS) is 10.3. The molecule has 0 saturated carbocycles. The van der Waals surface area contributed by atoms with Crippen molar-refractivity contribution in [3.63, 3.8) is 0 Å². The van der Waals surface area contributed by atoms with Crippen molar-refractivity contribution in [1.29, 1.82) is 0 Å². The molecular weight excluding hydrogens is 271 g/mol. The summed E-state index contributed by atoms with van der Waals surface area (Å²) in [5.74, 6) is 0.249. The van der Waals surface area contributed by atoms with Gasteiger partial charge >= 0.3 is 6.03 Å². The predicted octanol–water partition coefficient (Wildman–Crippen LogP) is 4.26. The number of para-hydroxylation sites is 1. The van der Waals surface area contributed by atoms with Crippen LogP contribution in [0.15, 0.2) is 48.5 Å². The first-order valence-electron chi connectivity index (χ1n) is 6.64. The lowest BCUT2D eigenvalue weighted by Gasteiger charge is -2.11. The van der Waals surface area contributed by atoms with E-state index in [9.17, 15) is 9.18 Å². The first kappa shape index (κ1) is 14.8. The summed E-state index contributed by atoms with van der Waals surface area (Å²) in [7, 11) is 0. The predicted molar refractivity (Wildman–Crippen MR) is 81.2 cm³/mol. The maximum absolute atomic E-state index is 13.4. The number of carbonyl (C=O) groups is 1. The fraction of sp³-hybridized carbons (Fsp3) is 0.188. The van der Waals surface area contributed by atoms with Gasteiger partial charge in [-0.1, -0.05) is 12.1 Å². The van der Waals surface area contributed by atoms with Gasteiger partial charge in [0.25, 0.3) is 0 Å². The Hall–Kier alpha value is -2.56. The van der Waals surface area contributed by atoms with Gasteiger partial charge in [-0.15, -0.1) is 0 Å². The molecule has 2 N–H and O–H groups in total. The SMILES string of the molecule is CC(C)Oc1ccc(NC(=O)Nc2ccccc2F)cc1. The van der Waals surface area contributed by atoms with Crippen molar-refractivity contribution >= 4 is 17.4 Å². The Morgan fingerprint density at radius 2 is 1.71 bits per heavy atom. The second-order valence-corrected chi connectivity index (χ2v) is 4.75. The lowest BCUT2D eigenvalue weighted by molar-refractivity contribution is 0.242. The highest BCUT2D eigenvalue weighted by Gasteiger charge is 2.06. The summed E-state index contributed by atoms with van der Waals surface area (Å²) in [4.78, 5) is 11.8. The average Bonchev–Trinajstić information content (AvgIpc) is 2.43. The first-order valence-corrected chi connectivity index (χ1v) is 6.64. The van der Waals surface area contributed by atoms with Crippen LogP contribution in [-0.2, 0) is 0 Å². The van der Waals surface area contributed by atoms with E-state index >= 15 is 0 Å². The number of halogens is 1. The Kier molecular flexibility index (Phi) is 4.77. The number of hydrogen-bond donors (Lipinski definition) is 2. The van der Waals surface area contributed by atoms with Gasteiger partial charge in [0.15, 0.2) is 0 Å². The van der Waals surface area contributed by atoms with Crippen molar-refractivity contribution in [3.05, 3.63) is 54.3 Å². The molecule has 0 atom stereocenters. The Bertz CT molecular complexity index is 612. The molecule has 0 heterocycles. The fourth-order valence-electron chi connectivity index (χ4n) is 1.74. The van der Waals surface area contributed by atoms with Crippen LogP contribution < -0.4 is 15.4 Å². The van der Waals surface area contributed by atoms with Crippen LogP contribution in [0.3, 0.4) is 0 Å². The van der Waals surface area contributed by atoms with Crippen LogP contribution in [0.1, 0.15) is 13.8 Å². The van der Waals surface area contributed by atoms with Crippen LogP contribution in [0.5, 0.6) is 5.75 Å². The summed E-state index contributed by atoms with van der Waals surface area (Å²) in [5, 5.41) is 5.08. The highest BCUT2D eigenvalue weighted by molar-refractivity contribution is 5.99. The lowest BCUT2D eigenvalue weighted by Crippen LogP contribution is -2.20. The summed E-state index contributed by atoms with van der Waals surface area (Å²) in [6.45, 7) is 3.88. The van der Waals surface area contributed by atoms with Crippen molar-refractivity contribution in [2.75, 3.05) is 10.6 Å². The van der Waals surface area contributed by atoms with E-state index in [0.29, 0.717) is 5.69 Å². The smallest absolute Gasteiger partial charge is 0.323 e. The van der Waals surface area contributed by atoms with Gasteiger partial charge in [0, 0.05) is 5.69 Å². The molecule has 21 heavy (non-hydrogen) atoms. The summed E-state index contributed by atoms with van der Waals surface area (Å²) in [6.07, 6.45) is 0.0909. The van der Waals surface area contributed by atoms with Gasteiger partial charge in [-0.25, -0.2) is 9.18 Å². The Balaban J connectivity index is 1.95. The summed E-state index contributed by atoms with van der Waals surface area (Å²) < 4.78 is 18.9. The second kappa shape index (κ2) is 6.74. The van der Waals surface area contributed by atoms with Crippen LogP contribution in [-0.4, -0.2) is 12.1 Å². The topological polar surface area (TPSA) is 50.4 Å². The van der Waals surface area contributed by atoms with Crippen molar-refractivity contribution in [3.8, 4) is 5.75 Å². The molecule has 0 saturated heterocycles. The Morgan fingerprint density at radius 1 is 1.05 bits per heavy atom. The average molecular weight is 288 g/mol. The summed E-state index contributed by atoms with van der Waals surface area (Å²) >= 11 is 0. The Morgan fingerprint density at radius 3 is 2.33 bits per heavy atom. The molecule has 0 aliphatic heterocycles. The first-order chi connectivity index (χ1) is 10.0. The van der Waals surface area contributed by atoms with Crippen LogP contribution in [0.25, 0.3) is 0 Å². The molecule has 2 aromatic rings. The number of urea groups is 1. The van der Waals surface area contributed by atoms with Crippen LogP contribution in [0.2, 0.25) is 0 Å². The zero-order valence-corrected chi connectivity index (χ0v) is 11.9. The quantitative estimate of drug-likeness (QED) is 0.883. The van der Waals surface area contributed by atoms with Crippen LogP contribution >= 0.6 is 0 Å².